The molecule has 36 heavy (non-hydrogen) atoms. The molecule has 10 heteroatoms. The van der Waals surface area contributed by atoms with Crippen molar-refractivity contribution in [3.8, 4) is 12.3 Å². The number of hydrogen-bond acceptors (Lipinski definition) is 5. The molecule has 9 nitrogen and oxygen atoms in total. The molecule has 4 rings (SSSR count). The van der Waals surface area contributed by atoms with E-state index in [0.29, 0.717) is 30.9 Å². The number of terminal acetylenes is 1. The van der Waals surface area contributed by atoms with E-state index in [1.165, 1.54) is 21.9 Å². The molecule has 188 valence electrons. The predicted octanol–water partition coefficient (Wildman–Crippen LogP) is 2.82. The molecule has 2 aromatic rings. The minimum Gasteiger partial charge on any atom is -0.377 e. The number of hydrogen-bond donors (Lipinski definition) is 2. The van der Waals surface area contributed by atoms with Crippen molar-refractivity contribution in [2.75, 3.05) is 48.4 Å². The number of carbonyl (C=O) groups is 3. The SMILES string of the molecule is C#Cc1ccc(NC(=O)N2CC(OCC)CC2C(=O)Nc2ccc(N3CCOCC3=O)c(F)c2)cc1. The highest BCUT2D eigenvalue weighted by Crippen LogP contribution is 2.27. The number of likely N-dealkylation sites (tertiary alicyclic amines) is 1. The molecular formula is C26H27FN4O5. The quantitative estimate of drug-likeness (QED) is 0.602. The zero-order chi connectivity index (χ0) is 25.7. The molecule has 4 amide bonds. The van der Waals surface area contributed by atoms with E-state index in [1.807, 2.05) is 6.92 Å². The number of carbonyl (C=O) groups excluding carboxylic acids is 3. The van der Waals surface area contributed by atoms with Gasteiger partial charge >= 0.3 is 6.03 Å². The third-order valence-electron chi connectivity index (χ3n) is 6.02. The maximum atomic E-state index is 14.8. The van der Waals surface area contributed by atoms with E-state index in [9.17, 15) is 18.8 Å². The monoisotopic (exact) mass is 494 g/mol. The van der Waals surface area contributed by atoms with Gasteiger partial charge in [0.2, 0.25) is 5.91 Å². The Morgan fingerprint density at radius 3 is 2.61 bits per heavy atom. The second-order valence-electron chi connectivity index (χ2n) is 8.39. The largest absolute Gasteiger partial charge is 0.377 e. The Bertz CT molecular complexity index is 1180. The maximum Gasteiger partial charge on any atom is 0.322 e. The number of amides is 4. The van der Waals surface area contributed by atoms with E-state index in [-0.39, 0.29) is 43.1 Å². The average molecular weight is 495 g/mol. The van der Waals surface area contributed by atoms with Crippen molar-refractivity contribution < 1.29 is 28.2 Å². The average Bonchev–Trinajstić information content (AvgIpc) is 3.30. The Morgan fingerprint density at radius 2 is 1.94 bits per heavy atom. The van der Waals surface area contributed by atoms with Gasteiger partial charge in [0.25, 0.3) is 5.91 Å². The lowest BCUT2D eigenvalue weighted by molar-refractivity contribution is -0.125. The molecule has 2 aliphatic heterocycles. The van der Waals surface area contributed by atoms with Gasteiger partial charge in [-0.05, 0) is 49.4 Å². The molecule has 2 unspecified atom stereocenters. The summed E-state index contributed by atoms with van der Waals surface area (Å²) >= 11 is 0. The molecule has 0 aliphatic carbocycles. The lowest BCUT2D eigenvalue weighted by atomic mass is 10.1. The van der Waals surface area contributed by atoms with Crippen molar-refractivity contribution in [2.45, 2.75) is 25.5 Å². The van der Waals surface area contributed by atoms with Gasteiger partial charge in [0.05, 0.1) is 18.4 Å². The second kappa shape index (κ2) is 11.2. The third kappa shape index (κ3) is 5.64. The molecule has 0 saturated carbocycles. The fraction of sp³-hybridized carbons (Fsp3) is 0.346. The van der Waals surface area contributed by atoms with Gasteiger partial charge in [-0.3, -0.25) is 9.59 Å². The third-order valence-corrected chi connectivity index (χ3v) is 6.02. The molecule has 2 aromatic carbocycles. The molecule has 2 aliphatic rings. The molecule has 2 heterocycles. The highest BCUT2D eigenvalue weighted by Gasteiger charge is 2.40. The predicted molar refractivity (Wildman–Crippen MR) is 132 cm³/mol. The van der Waals surface area contributed by atoms with Gasteiger partial charge in [-0.1, -0.05) is 5.92 Å². The number of benzene rings is 2. The first-order valence-corrected chi connectivity index (χ1v) is 11.6. The number of ether oxygens (including phenoxy) is 2. The van der Waals surface area contributed by atoms with Gasteiger partial charge in [-0.15, -0.1) is 6.42 Å². The molecule has 2 fully saturated rings. The minimum atomic E-state index is -0.824. The Labute approximate surface area is 208 Å². The van der Waals surface area contributed by atoms with Crippen LogP contribution in [-0.2, 0) is 19.1 Å². The number of anilines is 3. The summed E-state index contributed by atoms with van der Waals surface area (Å²) in [5.74, 6) is 1.06. The van der Waals surface area contributed by atoms with Crippen LogP contribution < -0.4 is 15.5 Å². The Balaban J connectivity index is 1.46. The van der Waals surface area contributed by atoms with Gasteiger partial charge in [-0.2, -0.15) is 0 Å². The van der Waals surface area contributed by atoms with Gasteiger partial charge in [0.1, 0.15) is 18.5 Å². The van der Waals surface area contributed by atoms with Gasteiger partial charge in [0.15, 0.2) is 0 Å². The van der Waals surface area contributed by atoms with E-state index in [0.717, 1.165) is 6.07 Å². The Kier molecular flexibility index (Phi) is 7.83. The second-order valence-corrected chi connectivity index (χ2v) is 8.39. The summed E-state index contributed by atoms with van der Waals surface area (Å²) in [6.07, 6.45) is 5.36. The smallest absolute Gasteiger partial charge is 0.322 e. The topological polar surface area (TPSA) is 100 Å². The molecule has 0 radical (unpaired) electrons. The molecule has 0 aromatic heterocycles. The van der Waals surface area contributed by atoms with Crippen molar-refractivity contribution in [1.29, 1.82) is 0 Å². The van der Waals surface area contributed by atoms with E-state index >= 15 is 0 Å². The Morgan fingerprint density at radius 1 is 1.19 bits per heavy atom. The van der Waals surface area contributed by atoms with Crippen LogP contribution in [-0.4, -0.2) is 67.8 Å². The van der Waals surface area contributed by atoms with Crippen LogP contribution in [0, 0.1) is 18.2 Å². The summed E-state index contributed by atoms with van der Waals surface area (Å²) in [7, 11) is 0. The lowest BCUT2D eigenvalue weighted by Crippen LogP contribution is -2.45. The van der Waals surface area contributed by atoms with Gasteiger partial charge in [-0.25, -0.2) is 9.18 Å². The van der Waals surface area contributed by atoms with Crippen molar-refractivity contribution >= 4 is 34.9 Å². The molecule has 2 atom stereocenters. The van der Waals surface area contributed by atoms with Crippen LogP contribution in [0.25, 0.3) is 0 Å². The number of halogens is 1. The van der Waals surface area contributed by atoms with Crippen molar-refractivity contribution in [3.63, 3.8) is 0 Å². The fourth-order valence-electron chi connectivity index (χ4n) is 4.27. The van der Waals surface area contributed by atoms with Crippen LogP contribution in [0.5, 0.6) is 0 Å². The molecule has 2 N–H and O–H groups in total. The van der Waals surface area contributed by atoms with Crippen LogP contribution in [0.1, 0.15) is 18.9 Å². The van der Waals surface area contributed by atoms with Crippen LogP contribution >= 0.6 is 0 Å². The molecule has 0 bridgehead atoms. The van der Waals surface area contributed by atoms with Crippen LogP contribution in [0.15, 0.2) is 42.5 Å². The molecular weight excluding hydrogens is 467 g/mol. The van der Waals surface area contributed by atoms with E-state index in [1.54, 1.807) is 24.3 Å². The summed E-state index contributed by atoms with van der Waals surface area (Å²) in [6.45, 7) is 2.97. The normalized spacial score (nSPS) is 19.6. The van der Waals surface area contributed by atoms with Crippen LogP contribution in [0.2, 0.25) is 0 Å². The number of morpholine rings is 1. The first kappa shape index (κ1) is 25.2. The number of urea groups is 1. The van der Waals surface area contributed by atoms with E-state index < -0.39 is 23.8 Å². The van der Waals surface area contributed by atoms with Crippen LogP contribution in [0.3, 0.4) is 0 Å². The van der Waals surface area contributed by atoms with Crippen LogP contribution in [0.4, 0.5) is 26.2 Å². The molecule has 2 saturated heterocycles. The van der Waals surface area contributed by atoms with Crippen molar-refractivity contribution in [1.82, 2.24) is 4.90 Å². The highest BCUT2D eigenvalue weighted by atomic mass is 19.1. The van der Waals surface area contributed by atoms with Gasteiger partial charge < -0.3 is 29.9 Å². The molecule has 0 spiro atoms. The fourth-order valence-corrected chi connectivity index (χ4v) is 4.27. The number of nitrogens with one attached hydrogen (secondary N) is 2. The van der Waals surface area contributed by atoms with Crippen molar-refractivity contribution in [2.24, 2.45) is 0 Å². The summed E-state index contributed by atoms with van der Waals surface area (Å²) in [4.78, 5) is 40.9. The summed E-state index contributed by atoms with van der Waals surface area (Å²) in [5, 5.41) is 5.46. The van der Waals surface area contributed by atoms with Crippen molar-refractivity contribution in [3.05, 3.63) is 53.8 Å². The summed E-state index contributed by atoms with van der Waals surface area (Å²) < 4.78 is 25.6. The zero-order valence-electron chi connectivity index (χ0n) is 19.8. The number of rotatable bonds is 6. The summed E-state index contributed by atoms with van der Waals surface area (Å²) in [6, 6.07) is 9.60. The summed E-state index contributed by atoms with van der Waals surface area (Å²) in [5.41, 5.74) is 1.55. The zero-order valence-corrected chi connectivity index (χ0v) is 19.8. The van der Waals surface area contributed by atoms with E-state index in [2.05, 4.69) is 16.6 Å². The standard InChI is InChI=1S/C26H27FN4O5/c1-3-17-5-7-18(8-6-17)29-26(34)31-15-20(36-4-2)14-23(31)25(33)28-19-9-10-22(21(27)13-19)30-11-12-35-16-24(30)32/h1,5-10,13,20,23H,4,11-12,14-16H2,2H3,(H,28,33)(H,29,34). The Hall–Kier alpha value is -3.94. The number of nitrogens with zero attached hydrogens (tertiary/aromatic N) is 2. The minimum absolute atomic E-state index is 0.105. The highest BCUT2D eigenvalue weighted by molar-refractivity contribution is 6.00. The first-order chi connectivity index (χ1) is 17.4. The van der Waals surface area contributed by atoms with E-state index in [4.69, 9.17) is 15.9 Å². The lowest BCUT2D eigenvalue weighted by Gasteiger charge is -2.27. The first-order valence-electron chi connectivity index (χ1n) is 11.6. The van der Waals surface area contributed by atoms with Gasteiger partial charge in [0, 0.05) is 43.1 Å². The maximum absolute atomic E-state index is 14.8.